The highest BCUT2D eigenvalue weighted by atomic mass is 15.1. The Morgan fingerprint density at radius 2 is 2.05 bits per heavy atom. The van der Waals surface area contributed by atoms with Gasteiger partial charge in [0.25, 0.3) is 0 Å². The number of rotatable bonds is 4. The predicted molar refractivity (Wildman–Crippen MR) is 82.6 cm³/mol. The molecule has 1 aromatic rings. The molecule has 1 aliphatic rings. The van der Waals surface area contributed by atoms with Crippen LogP contribution >= 0.6 is 0 Å². The molecule has 0 spiro atoms. The van der Waals surface area contributed by atoms with Crippen molar-refractivity contribution < 1.29 is 0 Å². The van der Waals surface area contributed by atoms with Crippen LogP contribution in [0.5, 0.6) is 0 Å². The smallest absolute Gasteiger partial charge is 0.0359 e. The maximum Gasteiger partial charge on any atom is 0.0359 e. The average Bonchev–Trinajstić information content (AvgIpc) is 2.38. The van der Waals surface area contributed by atoms with Crippen molar-refractivity contribution in [1.29, 1.82) is 0 Å². The molecule has 1 aromatic carbocycles. The molecule has 0 bridgehead atoms. The maximum atomic E-state index is 3.68. The molecule has 19 heavy (non-hydrogen) atoms. The number of piperidine rings is 1. The minimum absolute atomic E-state index is 0.524. The number of nitrogens with zero attached hydrogens (tertiary/aromatic N) is 1. The van der Waals surface area contributed by atoms with Crippen molar-refractivity contribution in [3.63, 3.8) is 0 Å². The molecular weight excluding hydrogens is 232 g/mol. The lowest BCUT2D eigenvalue weighted by Crippen LogP contribution is -2.37. The molecule has 106 valence electrons. The molecule has 2 unspecified atom stereocenters. The fourth-order valence-corrected chi connectivity index (χ4v) is 3.21. The van der Waals surface area contributed by atoms with E-state index in [9.17, 15) is 0 Å². The van der Waals surface area contributed by atoms with Gasteiger partial charge in [-0.3, -0.25) is 0 Å². The van der Waals surface area contributed by atoms with E-state index in [2.05, 4.69) is 56.4 Å². The standard InChI is InChI=1S/C17H28N2/c1-13-8-9-16(14(2)11-13)17(19(3)4)12-15-7-5-6-10-18-15/h8-9,11,15,17-18H,5-7,10,12H2,1-4H3. The van der Waals surface area contributed by atoms with E-state index in [1.165, 1.54) is 48.9 Å². The Balaban J connectivity index is 2.14. The van der Waals surface area contributed by atoms with E-state index in [4.69, 9.17) is 0 Å². The molecule has 2 rings (SSSR count). The molecule has 1 heterocycles. The molecule has 1 aliphatic heterocycles. The van der Waals surface area contributed by atoms with Crippen LogP contribution < -0.4 is 5.32 Å². The summed E-state index contributed by atoms with van der Waals surface area (Å²) < 4.78 is 0. The first kappa shape index (κ1) is 14.5. The first-order valence-corrected chi connectivity index (χ1v) is 7.55. The predicted octanol–water partition coefficient (Wildman–Crippen LogP) is 3.44. The number of aryl methyl sites for hydroxylation is 2. The second kappa shape index (κ2) is 6.53. The van der Waals surface area contributed by atoms with E-state index >= 15 is 0 Å². The lowest BCUT2D eigenvalue weighted by Gasteiger charge is -2.32. The Morgan fingerprint density at radius 3 is 2.63 bits per heavy atom. The molecule has 1 N–H and O–H groups in total. The molecule has 0 aromatic heterocycles. The van der Waals surface area contributed by atoms with Gasteiger partial charge in [0.2, 0.25) is 0 Å². The van der Waals surface area contributed by atoms with Gasteiger partial charge < -0.3 is 10.2 Å². The Hall–Kier alpha value is -0.860. The minimum atomic E-state index is 0.524. The Labute approximate surface area is 118 Å². The summed E-state index contributed by atoms with van der Waals surface area (Å²) in [5.41, 5.74) is 4.27. The van der Waals surface area contributed by atoms with Crippen LogP contribution in [0.1, 0.15) is 48.4 Å². The van der Waals surface area contributed by atoms with Crippen LogP contribution in [0.2, 0.25) is 0 Å². The van der Waals surface area contributed by atoms with Crippen molar-refractivity contribution in [2.45, 2.75) is 51.6 Å². The molecule has 0 saturated carbocycles. The van der Waals surface area contributed by atoms with Gasteiger partial charge in [0.05, 0.1) is 0 Å². The summed E-state index contributed by atoms with van der Waals surface area (Å²) in [5.74, 6) is 0. The van der Waals surface area contributed by atoms with Gasteiger partial charge in [0, 0.05) is 12.1 Å². The summed E-state index contributed by atoms with van der Waals surface area (Å²) in [6.07, 6.45) is 5.27. The first-order chi connectivity index (χ1) is 9.08. The zero-order valence-corrected chi connectivity index (χ0v) is 12.9. The highest BCUT2D eigenvalue weighted by Crippen LogP contribution is 2.29. The van der Waals surface area contributed by atoms with Gasteiger partial charge in [-0.1, -0.05) is 30.2 Å². The SMILES string of the molecule is Cc1ccc(C(CC2CCCCN2)N(C)C)c(C)c1. The van der Waals surface area contributed by atoms with Gasteiger partial charge >= 0.3 is 0 Å². The Bertz CT molecular complexity index is 406. The van der Waals surface area contributed by atoms with Crippen LogP contribution in [0.3, 0.4) is 0 Å². The first-order valence-electron chi connectivity index (χ1n) is 7.55. The van der Waals surface area contributed by atoms with Crippen LogP contribution in [0.4, 0.5) is 0 Å². The average molecular weight is 260 g/mol. The zero-order chi connectivity index (χ0) is 13.8. The van der Waals surface area contributed by atoms with Crippen molar-refractivity contribution in [1.82, 2.24) is 10.2 Å². The highest BCUT2D eigenvalue weighted by molar-refractivity contribution is 5.33. The summed E-state index contributed by atoms with van der Waals surface area (Å²) in [5, 5.41) is 3.68. The van der Waals surface area contributed by atoms with Crippen molar-refractivity contribution >= 4 is 0 Å². The molecule has 2 heteroatoms. The van der Waals surface area contributed by atoms with Crippen molar-refractivity contribution in [3.8, 4) is 0 Å². The molecule has 1 saturated heterocycles. The van der Waals surface area contributed by atoms with Crippen LogP contribution in [0, 0.1) is 13.8 Å². The number of hydrogen-bond donors (Lipinski definition) is 1. The van der Waals surface area contributed by atoms with Gasteiger partial charge in [-0.15, -0.1) is 0 Å². The van der Waals surface area contributed by atoms with Gasteiger partial charge in [-0.05, 0) is 64.9 Å². The largest absolute Gasteiger partial charge is 0.314 e. The normalized spacial score (nSPS) is 21.6. The van der Waals surface area contributed by atoms with Crippen LogP contribution in [0.15, 0.2) is 18.2 Å². The van der Waals surface area contributed by atoms with E-state index in [0.29, 0.717) is 12.1 Å². The molecule has 2 atom stereocenters. The summed E-state index contributed by atoms with van der Waals surface area (Å²) in [6, 6.07) is 8.07. The number of hydrogen-bond acceptors (Lipinski definition) is 2. The molecule has 2 nitrogen and oxygen atoms in total. The van der Waals surface area contributed by atoms with E-state index in [1.807, 2.05) is 0 Å². The maximum absolute atomic E-state index is 3.68. The van der Waals surface area contributed by atoms with Gasteiger partial charge in [-0.25, -0.2) is 0 Å². The van der Waals surface area contributed by atoms with Crippen molar-refractivity contribution in [3.05, 3.63) is 34.9 Å². The Kier molecular flexibility index (Phi) is 5.00. The lowest BCUT2D eigenvalue weighted by atomic mass is 9.90. The second-order valence-corrected chi connectivity index (χ2v) is 6.22. The van der Waals surface area contributed by atoms with Gasteiger partial charge in [0.15, 0.2) is 0 Å². The van der Waals surface area contributed by atoms with Crippen LogP contribution in [0.25, 0.3) is 0 Å². The van der Waals surface area contributed by atoms with E-state index in [-0.39, 0.29) is 0 Å². The summed E-state index contributed by atoms with van der Waals surface area (Å²) in [6.45, 7) is 5.61. The Morgan fingerprint density at radius 1 is 1.26 bits per heavy atom. The summed E-state index contributed by atoms with van der Waals surface area (Å²) >= 11 is 0. The summed E-state index contributed by atoms with van der Waals surface area (Å²) in [7, 11) is 4.40. The van der Waals surface area contributed by atoms with Gasteiger partial charge in [-0.2, -0.15) is 0 Å². The quantitative estimate of drug-likeness (QED) is 0.892. The van der Waals surface area contributed by atoms with Crippen molar-refractivity contribution in [2.75, 3.05) is 20.6 Å². The van der Waals surface area contributed by atoms with Crippen molar-refractivity contribution in [2.24, 2.45) is 0 Å². The molecule has 0 radical (unpaired) electrons. The monoisotopic (exact) mass is 260 g/mol. The highest BCUT2D eigenvalue weighted by Gasteiger charge is 2.22. The fraction of sp³-hybridized carbons (Fsp3) is 0.647. The fourth-order valence-electron chi connectivity index (χ4n) is 3.21. The third kappa shape index (κ3) is 3.80. The third-order valence-corrected chi connectivity index (χ3v) is 4.33. The molecule has 0 aliphatic carbocycles. The van der Waals surface area contributed by atoms with E-state index in [0.717, 1.165) is 0 Å². The van der Waals surface area contributed by atoms with Crippen LogP contribution in [-0.4, -0.2) is 31.6 Å². The zero-order valence-electron chi connectivity index (χ0n) is 12.9. The van der Waals surface area contributed by atoms with E-state index < -0.39 is 0 Å². The molecule has 0 amide bonds. The molecule has 1 fully saturated rings. The van der Waals surface area contributed by atoms with E-state index in [1.54, 1.807) is 0 Å². The topological polar surface area (TPSA) is 15.3 Å². The second-order valence-electron chi connectivity index (χ2n) is 6.22. The van der Waals surface area contributed by atoms with Crippen LogP contribution in [-0.2, 0) is 0 Å². The van der Waals surface area contributed by atoms with Gasteiger partial charge in [0.1, 0.15) is 0 Å². The minimum Gasteiger partial charge on any atom is -0.314 e. The summed E-state index contributed by atoms with van der Waals surface area (Å²) in [4.78, 5) is 2.37. The molecular formula is C17H28N2. The number of benzene rings is 1. The number of nitrogens with one attached hydrogen (secondary N) is 1. The third-order valence-electron chi connectivity index (χ3n) is 4.33. The lowest BCUT2D eigenvalue weighted by molar-refractivity contribution is 0.239.